The molecule has 0 saturated heterocycles. The summed E-state index contributed by atoms with van der Waals surface area (Å²) in [5.41, 5.74) is 5.23. The van der Waals surface area contributed by atoms with E-state index in [9.17, 15) is 0 Å². The number of hydrogen-bond acceptors (Lipinski definition) is 1. The molecule has 0 amide bonds. The molecule has 0 heterocycles. The van der Waals surface area contributed by atoms with Crippen LogP contribution in [0.4, 0.5) is 4.39 Å². The second kappa shape index (κ2) is 7.28. The van der Waals surface area contributed by atoms with Crippen LogP contribution in [-0.4, -0.2) is 11.9 Å². The maximum atomic E-state index is 15.5. The Bertz CT molecular complexity index is 797. The zero-order valence-corrected chi connectivity index (χ0v) is 19.5. The standard InChI is InChI=1S/C25H35FS/c1-16-12-11-13-20(22(16)27-10)21-17(2)14-19(15-18(21)3)25(9,23(4,5)6)24(7,8)26/h11-15H,1-10H3. The number of aryl methyl sites for hydroxylation is 3. The first-order valence-corrected chi connectivity index (χ1v) is 10.9. The summed E-state index contributed by atoms with van der Waals surface area (Å²) in [5.74, 6) is 0. The first-order valence-electron chi connectivity index (χ1n) is 9.70. The summed E-state index contributed by atoms with van der Waals surface area (Å²) < 4.78 is 15.5. The van der Waals surface area contributed by atoms with Gasteiger partial charge in [0.2, 0.25) is 0 Å². The summed E-state index contributed by atoms with van der Waals surface area (Å²) >= 11 is 1.79. The first kappa shape index (κ1) is 22.0. The van der Waals surface area contributed by atoms with Crippen molar-refractivity contribution in [3.8, 4) is 11.1 Å². The Labute approximate surface area is 170 Å². The van der Waals surface area contributed by atoms with Crippen LogP contribution in [0.25, 0.3) is 11.1 Å². The SMILES string of the molecule is CSc1c(C)cccc1-c1c(C)cc(C(C)(C(C)(C)C)C(C)(C)F)cc1C. The van der Waals surface area contributed by atoms with Gasteiger partial charge in [-0.15, -0.1) is 11.8 Å². The molecule has 0 nitrogen and oxygen atoms in total. The summed E-state index contributed by atoms with van der Waals surface area (Å²) in [7, 11) is 0. The minimum Gasteiger partial charge on any atom is -0.244 e. The third kappa shape index (κ3) is 3.70. The van der Waals surface area contributed by atoms with Crippen molar-refractivity contribution in [1.82, 2.24) is 0 Å². The van der Waals surface area contributed by atoms with Crippen molar-refractivity contribution in [2.75, 3.05) is 6.26 Å². The maximum absolute atomic E-state index is 15.5. The van der Waals surface area contributed by atoms with Gasteiger partial charge in [-0.3, -0.25) is 0 Å². The highest BCUT2D eigenvalue weighted by atomic mass is 32.2. The molecule has 2 aromatic carbocycles. The second-order valence-electron chi connectivity index (χ2n) is 9.49. The lowest BCUT2D eigenvalue weighted by Gasteiger charge is -2.49. The fraction of sp³-hybridized carbons (Fsp3) is 0.520. The van der Waals surface area contributed by atoms with Crippen LogP contribution in [0.2, 0.25) is 0 Å². The summed E-state index contributed by atoms with van der Waals surface area (Å²) in [4.78, 5) is 1.32. The molecular formula is C25H35FS. The van der Waals surface area contributed by atoms with Crippen molar-refractivity contribution < 1.29 is 4.39 Å². The fourth-order valence-corrected chi connectivity index (χ4v) is 5.25. The number of benzene rings is 2. The highest BCUT2D eigenvalue weighted by Gasteiger charge is 2.51. The Morgan fingerprint density at radius 3 is 1.74 bits per heavy atom. The van der Waals surface area contributed by atoms with E-state index in [1.54, 1.807) is 25.6 Å². The van der Waals surface area contributed by atoms with Gasteiger partial charge < -0.3 is 0 Å². The summed E-state index contributed by atoms with van der Waals surface area (Å²) in [6, 6.07) is 10.9. The highest BCUT2D eigenvalue weighted by Crippen LogP contribution is 2.51. The van der Waals surface area contributed by atoms with E-state index in [1.165, 1.54) is 32.7 Å². The van der Waals surface area contributed by atoms with E-state index >= 15 is 4.39 Å². The number of alkyl halides is 1. The predicted molar refractivity (Wildman–Crippen MR) is 120 cm³/mol. The minimum atomic E-state index is -1.33. The van der Waals surface area contributed by atoms with E-state index in [2.05, 4.69) is 85.1 Å². The van der Waals surface area contributed by atoms with Crippen molar-refractivity contribution in [1.29, 1.82) is 0 Å². The Balaban J connectivity index is 2.77. The van der Waals surface area contributed by atoms with Crippen LogP contribution in [0.3, 0.4) is 0 Å². The van der Waals surface area contributed by atoms with Crippen LogP contribution in [0.5, 0.6) is 0 Å². The van der Waals surface area contributed by atoms with Crippen molar-refractivity contribution in [2.24, 2.45) is 5.41 Å². The monoisotopic (exact) mass is 386 g/mol. The Kier molecular flexibility index (Phi) is 5.93. The van der Waals surface area contributed by atoms with Crippen molar-refractivity contribution in [3.63, 3.8) is 0 Å². The molecule has 0 radical (unpaired) electrons. The molecule has 0 aliphatic rings. The smallest absolute Gasteiger partial charge is 0.115 e. The Morgan fingerprint density at radius 2 is 1.33 bits per heavy atom. The topological polar surface area (TPSA) is 0 Å². The van der Waals surface area contributed by atoms with Gasteiger partial charge in [0.1, 0.15) is 5.67 Å². The van der Waals surface area contributed by atoms with E-state index in [1.807, 2.05) is 0 Å². The van der Waals surface area contributed by atoms with Crippen LogP contribution in [0, 0.1) is 26.2 Å². The zero-order chi connectivity index (χ0) is 20.8. The van der Waals surface area contributed by atoms with Crippen LogP contribution < -0.4 is 0 Å². The van der Waals surface area contributed by atoms with Gasteiger partial charge in [0.25, 0.3) is 0 Å². The van der Waals surface area contributed by atoms with E-state index in [0.29, 0.717) is 0 Å². The molecule has 0 spiro atoms. The Hall–Kier alpha value is -1.28. The fourth-order valence-electron chi connectivity index (χ4n) is 4.47. The molecule has 0 bridgehead atoms. The zero-order valence-electron chi connectivity index (χ0n) is 18.7. The average Bonchev–Trinajstić information content (AvgIpc) is 2.51. The van der Waals surface area contributed by atoms with Crippen molar-refractivity contribution >= 4 is 11.8 Å². The summed E-state index contributed by atoms with van der Waals surface area (Å²) in [5, 5.41) is 0. The molecule has 1 atom stereocenters. The maximum Gasteiger partial charge on any atom is 0.115 e. The number of halogens is 1. The quantitative estimate of drug-likeness (QED) is 0.479. The van der Waals surface area contributed by atoms with Crippen molar-refractivity contribution in [3.05, 3.63) is 52.6 Å². The molecule has 0 aromatic heterocycles. The molecule has 0 N–H and O–H groups in total. The summed E-state index contributed by atoms with van der Waals surface area (Å²) in [6.07, 6.45) is 2.13. The van der Waals surface area contributed by atoms with E-state index in [0.717, 1.165) is 5.56 Å². The molecule has 0 saturated carbocycles. The normalized spacial score (nSPS) is 14.9. The van der Waals surface area contributed by atoms with Gasteiger partial charge in [-0.25, -0.2) is 4.39 Å². The number of rotatable bonds is 4. The lowest BCUT2D eigenvalue weighted by molar-refractivity contribution is 0.0178. The van der Waals surface area contributed by atoms with Gasteiger partial charge in [0.05, 0.1) is 0 Å². The van der Waals surface area contributed by atoms with E-state index in [-0.39, 0.29) is 5.41 Å². The van der Waals surface area contributed by atoms with Crippen LogP contribution in [0.15, 0.2) is 35.2 Å². The molecule has 2 heteroatoms. The first-order chi connectivity index (χ1) is 12.3. The van der Waals surface area contributed by atoms with Gasteiger partial charge in [-0.2, -0.15) is 0 Å². The van der Waals surface area contributed by atoms with E-state index in [4.69, 9.17) is 0 Å². The van der Waals surface area contributed by atoms with Gasteiger partial charge in [-0.05, 0) is 79.7 Å². The largest absolute Gasteiger partial charge is 0.244 e. The van der Waals surface area contributed by atoms with Crippen LogP contribution in [0.1, 0.15) is 63.8 Å². The molecule has 0 aliphatic carbocycles. The third-order valence-corrected chi connectivity index (χ3v) is 7.43. The van der Waals surface area contributed by atoms with Gasteiger partial charge >= 0.3 is 0 Å². The second-order valence-corrected chi connectivity index (χ2v) is 10.3. The molecule has 148 valence electrons. The van der Waals surface area contributed by atoms with Gasteiger partial charge in [-0.1, -0.05) is 58.0 Å². The lowest BCUT2D eigenvalue weighted by atomic mass is 9.56. The highest BCUT2D eigenvalue weighted by molar-refractivity contribution is 7.98. The summed E-state index contributed by atoms with van der Waals surface area (Å²) in [6.45, 7) is 18.4. The molecule has 27 heavy (non-hydrogen) atoms. The molecular weight excluding hydrogens is 351 g/mol. The van der Waals surface area contributed by atoms with Crippen molar-refractivity contribution in [2.45, 2.75) is 78.3 Å². The molecule has 2 rings (SSSR count). The van der Waals surface area contributed by atoms with Crippen LogP contribution >= 0.6 is 11.8 Å². The molecule has 2 aromatic rings. The predicted octanol–water partition coefficient (Wildman–Crippen LogP) is 8.05. The minimum absolute atomic E-state index is 0.209. The Morgan fingerprint density at radius 1 is 0.815 bits per heavy atom. The molecule has 0 aliphatic heterocycles. The van der Waals surface area contributed by atoms with Crippen LogP contribution in [-0.2, 0) is 5.41 Å². The number of thioether (sulfide) groups is 1. The van der Waals surface area contributed by atoms with E-state index < -0.39 is 11.1 Å². The van der Waals surface area contributed by atoms with Gasteiger partial charge in [0, 0.05) is 10.3 Å². The third-order valence-electron chi connectivity index (χ3n) is 6.48. The lowest BCUT2D eigenvalue weighted by Crippen LogP contribution is -2.51. The molecule has 1 unspecified atom stereocenters. The average molecular weight is 387 g/mol. The van der Waals surface area contributed by atoms with Gasteiger partial charge in [0.15, 0.2) is 0 Å². The number of hydrogen-bond donors (Lipinski definition) is 0. The molecule has 0 fully saturated rings.